The summed E-state index contributed by atoms with van der Waals surface area (Å²) >= 11 is 0. The van der Waals surface area contributed by atoms with Crippen LogP contribution in [0.15, 0.2) is 36.4 Å². The molecule has 0 saturated heterocycles. The lowest BCUT2D eigenvalue weighted by atomic mass is 10.0. The van der Waals surface area contributed by atoms with Crippen LogP contribution in [0.5, 0.6) is 0 Å². The summed E-state index contributed by atoms with van der Waals surface area (Å²) in [6.45, 7) is 0.600. The molecule has 0 radical (unpaired) electrons. The van der Waals surface area contributed by atoms with Crippen LogP contribution in [0, 0.1) is 0 Å². The highest BCUT2D eigenvalue weighted by Gasteiger charge is 2.08. The molecular formula is C17H23NO2. The molecule has 2 rings (SSSR count). The van der Waals surface area contributed by atoms with Crippen LogP contribution in [0.2, 0.25) is 0 Å². The third-order valence-electron chi connectivity index (χ3n) is 3.62. The molecule has 1 aliphatic rings. The first-order chi connectivity index (χ1) is 9.79. The van der Waals surface area contributed by atoms with Crippen LogP contribution in [-0.2, 0) is 11.3 Å². The van der Waals surface area contributed by atoms with E-state index in [1.807, 2.05) is 24.3 Å². The Bertz CT molecular complexity index is 451. The topological polar surface area (TPSA) is 38.3 Å². The first-order valence-electron chi connectivity index (χ1n) is 7.39. The van der Waals surface area contributed by atoms with Crippen molar-refractivity contribution in [3.63, 3.8) is 0 Å². The third kappa shape index (κ3) is 4.49. The summed E-state index contributed by atoms with van der Waals surface area (Å²) in [4.78, 5) is 11.4. The van der Waals surface area contributed by atoms with Gasteiger partial charge < -0.3 is 10.1 Å². The van der Waals surface area contributed by atoms with E-state index in [0.29, 0.717) is 12.2 Å². The van der Waals surface area contributed by atoms with E-state index in [1.54, 1.807) is 7.05 Å². The molecule has 20 heavy (non-hydrogen) atoms. The van der Waals surface area contributed by atoms with Gasteiger partial charge in [0.15, 0.2) is 0 Å². The number of nitrogens with one attached hydrogen (secondary N) is 1. The fraction of sp³-hybridized carbons (Fsp3) is 0.471. The Kier molecular flexibility index (Phi) is 5.81. The first kappa shape index (κ1) is 14.8. The van der Waals surface area contributed by atoms with Gasteiger partial charge in [0, 0.05) is 12.6 Å². The highest BCUT2D eigenvalue weighted by Crippen LogP contribution is 2.16. The fourth-order valence-corrected chi connectivity index (χ4v) is 2.37. The minimum Gasteiger partial charge on any atom is -0.369 e. The second-order valence-electron chi connectivity index (χ2n) is 5.19. The first-order valence-corrected chi connectivity index (χ1v) is 7.39. The van der Waals surface area contributed by atoms with Crippen molar-refractivity contribution in [1.29, 1.82) is 0 Å². The van der Waals surface area contributed by atoms with Crippen LogP contribution in [0.4, 0.5) is 0 Å². The molecule has 0 aromatic heterocycles. The maximum atomic E-state index is 11.4. The Labute approximate surface area is 121 Å². The highest BCUT2D eigenvalue weighted by atomic mass is 16.5. The Morgan fingerprint density at radius 3 is 2.80 bits per heavy atom. The predicted molar refractivity (Wildman–Crippen MR) is 80.6 cm³/mol. The molecule has 0 spiro atoms. The molecule has 0 aliphatic heterocycles. The lowest BCUT2D eigenvalue weighted by Crippen LogP contribution is -2.17. The molecule has 0 bridgehead atoms. The van der Waals surface area contributed by atoms with Gasteiger partial charge in [0.25, 0.3) is 5.91 Å². The molecule has 0 heterocycles. The monoisotopic (exact) mass is 273 g/mol. The average Bonchev–Trinajstić information content (AvgIpc) is 2.46. The summed E-state index contributed by atoms with van der Waals surface area (Å²) in [7, 11) is 1.64. The average molecular weight is 273 g/mol. The summed E-state index contributed by atoms with van der Waals surface area (Å²) < 4.78 is 5.94. The van der Waals surface area contributed by atoms with Gasteiger partial charge >= 0.3 is 0 Å². The standard InChI is InChI=1S/C17H23NO2/c1-18-17(19)15-11-9-14(10-12-15)13-20-16-7-5-3-2-4-6-8-16/h5,7,9-12,16H,2-4,6,8,13H2,1H3,(H,18,19)/b7-5-. The van der Waals surface area contributed by atoms with Crippen LogP contribution < -0.4 is 5.32 Å². The zero-order chi connectivity index (χ0) is 14.2. The molecular weight excluding hydrogens is 250 g/mol. The van der Waals surface area contributed by atoms with E-state index in [1.165, 1.54) is 25.7 Å². The molecule has 3 nitrogen and oxygen atoms in total. The zero-order valence-corrected chi connectivity index (χ0v) is 12.1. The van der Waals surface area contributed by atoms with E-state index in [-0.39, 0.29) is 12.0 Å². The summed E-state index contributed by atoms with van der Waals surface area (Å²) in [6.07, 6.45) is 10.8. The van der Waals surface area contributed by atoms with Gasteiger partial charge in [-0.05, 0) is 37.0 Å². The number of amides is 1. The van der Waals surface area contributed by atoms with Crippen molar-refractivity contribution < 1.29 is 9.53 Å². The molecule has 108 valence electrons. The predicted octanol–water partition coefficient (Wildman–Crippen LogP) is 3.45. The van der Waals surface area contributed by atoms with Gasteiger partial charge in [0.05, 0.1) is 12.7 Å². The van der Waals surface area contributed by atoms with Crippen LogP contribution >= 0.6 is 0 Å². The van der Waals surface area contributed by atoms with E-state index in [4.69, 9.17) is 4.74 Å². The fourth-order valence-electron chi connectivity index (χ4n) is 2.37. The van der Waals surface area contributed by atoms with E-state index in [9.17, 15) is 4.79 Å². The molecule has 1 unspecified atom stereocenters. The van der Waals surface area contributed by atoms with Crippen LogP contribution in [-0.4, -0.2) is 19.1 Å². The minimum absolute atomic E-state index is 0.0552. The number of benzene rings is 1. The maximum Gasteiger partial charge on any atom is 0.251 e. The number of allylic oxidation sites excluding steroid dienone is 1. The molecule has 1 N–H and O–H groups in total. The molecule has 1 atom stereocenters. The zero-order valence-electron chi connectivity index (χ0n) is 12.1. The van der Waals surface area contributed by atoms with Crippen molar-refractivity contribution in [3.05, 3.63) is 47.5 Å². The Balaban J connectivity index is 1.86. The van der Waals surface area contributed by atoms with Crippen LogP contribution in [0.25, 0.3) is 0 Å². The molecule has 1 amide bonds. The maximum absolute atomic E-state index is 11.4. The molecule has 1 aromatic rings. The lowest BCUT2D eigenvalue weighted by molar-refractivity contribution is 0.0638. The summed E-state index contributed by atoms with van der Waals surface area (Å²) in [5.74, 6) is -0.0552. The van der Waals surface area contributed by atoms with E-state index >= 15 is 0 Å². The van der Waals surface area contributed by atoms with Gasteiger partial charge in [0.1, 0.15) is 0 Å². The summed E-state index contributed by atoms with van der Waals surface area (Å²) in [5.41, 5.74) is 1.79. The quantitative estimate of drug-likeness (QED) is 0.853. The van der Waals surface area contributed by atoms with Crippen molar-refractivity contribution in [2.24, 2.45) is 0 Å². The van der Waals surface area contributed by atoms with Crippen molar-refractivity contribution in [2.45, 2.75) is 44.8 Å². The van der Waals surface area contributed by atoms with Crippen molar-refractivity contribution in [3.8, 4) is 0 Å². The second-order valence-corrected chi connectivity index (χ2v) is 5.19. The van der Waals surface area contributed by atoms with Crippen molar-refractivity contribution >= 4 is 5.91 Å². The normalized spacial score (nSPS) is 20.8. The molecule has 3 heteroatoms. The van der Waals surface area contributed by atoms with Crippen LogP contribution in [0.3, 0.4) is 0 Å². The third-order valence-corrected chi connectivity index (χ3v) is 3.62. The van der Waals surface area contributed by atoms with E-state index in [2.05, 4.69) is 17.5 Å². The number of hydrogen-bond acceptors (Lipinski definition) is 2. The Hall–Kier alpha value is -1.61. The smallest absolute Gasteiger partial charge is 0.251 e. The van der Waals surface area contributed by atoms with Gasteiger partial charge in [-0.15, -0.1) is 0 Å². The van der Waals surface area contributed by atoms with Gasteiger partial charge in [-0.3, -0.25) is 4.79 Å². The van der Waals surface area contributed by atoms with Gasteiger partial charge in [0.2, 0.25) is 0 Å². The van der Waals surface area contributed by atoms with E-state index in [0.717, 1.165) is 12.0 Å². The summed E-state index contributed by atoms with van der Waals surface area (Å²) in [6, 6.07) is 7.59. The van der Waals surface area contributed by atoms with Gasteiger partial charge in [-0.25, -0.2) is 0 Å². The number of ether oxygens (including phenoxy) is 1. The lowest BCUT2D eigenvalue weighted by Gasteiger charge is -2.16. The van der Waals surface area contributed by atoms with Crippen molar-refractivity contribution in [2.75, 3.05) is 7.05 Å². The minimum atomic E-state index is -0.0552. The van der Waals surface area contributed by atoms with Crippen molar-refractivity contribution in [1.82, 2.24) is 5.32 Å². The SMILES string of the molecule is CNC(=O)c1ccc(COC2/C=C\CCCCC2)cc1. The largest absolute Gasteiger partial charge is 0.369 e. The molecule has 1 aromatic carbocycles. The van der Waals surface area contributed by atoms with Gasteiger partial charge in [-0.2, -0.15) is 0 Å². The number of carbonyl (C=O) groups is 1. The number of rotatable bonds is 4. The molecule has 0 saturated carbocycles. The van der Waals surface area contributed by atoms with Crippen LogP contribution in [0.1, 0.15) is 48.0 Å². The van der Waals surface area contributed by atoms with Gasteiger partial charge in [-0.1, -0.05) is 37.1 Å². The Morgan fingerprint density at radius 1 is 1.25 bits per heavy atom. The molecule has 0 fully saturated rings. The number of hydrogen-bond donors (Lipinski definition) is 1. The number of carbonyl (C=O) groups excluding carboxylic acids is 1. The second kappa shape index (κ2) is 7.85. The molecule has 1 aliphatic carbocycles. The summed E-state index contributed by atoms with van der Waals surface area (Å²) in [5, 5.41) is 2.62. The van der Waals surface area contributed by atoms with E-state index < -0.39 is 0 Å². The highest BCUT2D eigenvalue weighted by molar-refractivity contribution is 5.93. The Morgan fingerprint density at radius 2 is 2.05 bits per heavy atom.